The number of amides is 3. The van der Waals surface area contributed by atoms with E-state index in [9.17, 15) is 24.3 Å². The van der Waals surface area contributed by atoms with Crippen LogP contribution in [0.4, 0.5) is 16.2 Å². The number of hydrogen-bond donors (Lipinski definition) is 3. The van der Waals surface area contributed by atoms with E-state index in [1.807, 2.05) is 13.0 Å². The van der Waals surface area contributed by atoms with Gasteiger partial charge in [-0.25, -0.2) is 9.59 Å². The Hall–Kier alpha value is -4.63. The maximum absolute atomic E-state index is 14.2. The van der Waals surface area contributed by atoms with Crippen LogP contribution in [0.5, 0.6) is 5.75 Å². The van der Waals surface area contributed by atoms with Crippen molar-refractivity contribution in [2.24, 2.45) is 5.92 Å². The second kappa shape index (κ2) is 14.5. The number of aliphatic hydroxyl groups is 1. The summed E-state index contributed by atoms with van der Waals surface area (Å²) in [6.07, 6.45) is 1.20. The maximum Gasteiger partial charge on any atom is 0.409 e. The summed E-state index contributed by atoms with van der Waals surface area (Å²) in [5, 5.41) is 14.7. The number of carbonyl (C=O) groups is 4. The topological polar surface area (TPSA) is 182 Å². The van der Waals surface area contributed by atoms with E-state index in [0.29, 0.717) is 23.5 Å². The maximum atomic E-state index is 14.2. The van der Waals surface area contributed by atoms with Crippen LogP contribution < -0.4 is 20.7 Å². The Bertz CT molecular complexity index is 1900. The number of hydrogen-bond acceptors (Lipinski definition) is 11. The van der Waals surface area contributed by atoms with Gasteiger partial charge in [0.25, 0.3) is 5.91 Å². The molecule has 4 aliphatic heterocycles. The molecule has 6 bridgehead atoms. The van der Waals surface area contributed by atoms with Gasteiger partial charge in [0.1, 0.15) is 46.3 Å². The molecule has 4 N–H and O–H groups in total. The second-order valence-corrected chi connectivity index (χ2v) is 15.1. The van der Waals surface area contributed by atoms with Crippen LogP contribution in [0, 0.1) is 5.92 Å². The summed E-state index contributed by atoms with van der Waals surface area (Å²) in [5.74, 6) is -2.03. The first-order valence-corrected chi connectivity index (χ1v) is 18.1. The summed E-state index contributed by atoms with van der Waals surface area (Å²) in [4.78, 5) is 58.1. The Labute approximate surface area is 319 Å². The number of anilines is 2. The van der Waals surface area contributed by atoms with Crippen LogP contribution >= 0.6 is 11.6 Å². The number of nitrogens with one attached hydrogen (secondary N) is 1. The number of benzene rings is 2. The number of nitrogens with two attached hydrogens (primary N) is 1. The van der Waals surface area contributed by atoms with E-state index in [1.54, 1.807) is 76.4 Å². The lowest BCUT2D eigenvalue weighted by molar-refractivity contribution is -0.161. The molecule has 0 aliphatic carbocycles. The molecule has 2 aromatic carbocycles. The van der Waals surface area contributed by atoms with Crippen LogP contribution in [0.15, 0.2) is 60.2 Å². The molecule has 0 saturated carbocycles. The van der Waals surface area contributed by atoms with Crippen molar-refractivity contribution in [1.82, 2.24) is 10.2 Å². The average molecular weight is 767 g/mol. The number of fused-ring (bicyclic) bond motifs is 4. The van der Waals surface area contributed by atoms with Gasteiger partial charge in [0.05, 0.1) is 25.8 Å². The van der Waals surface area contributed by atoms with Gasteiger partial charge >= 0.3 is 12.1 Å². The first-order valence-electron chi connectivity index (χ1n) is 17.7. The Morgan fingerprint density at radius 1 is 1.11 bits per heavy atom. The lowest BCUT2D eigenvalue weighted by Crippen LogP contribution is -2.65. The SMILES string of the molecule is COc1cc2cc(c1Cl)N(C)C(=O)C[C@@H]1OC(=O)[C@H](C)N(C(=O)c3ccc(N)cc3)C[C@]3(O[C@@]13C)[C@H](C)[C@@H]1C[C@@](O)(NC(=O)O1)[C@H](OC)/C=C/C=C(\C)C2. The van der Waals surface area contributed by atoms with Gasteiger partial charge in [0, 0.05) is 37.7 Å². The zero-order valence-electron chi connectivity index (χ0n) is 31.4. The number of halogens is 1. The highest BCUT2D eigenvalue weighted by atomic mass is 35.5. The summed E-state index contributed by atoms with van der Waals surface area (Å²) >= 11 is 6.77. The van der Waals surface area contributed by atoms with Gasteiger partial charge in [0.2, 0.25) is 5.91 Å². The standard InChI is InChI=1S/C39H47ClN4O10/c1-21-9-8-10-30(51-7)39(49)19-29(52-36(48)42-39)22(2)38-20-44(34(46)25-11-13-26(41)14-12-25)23(3)35(47)53-31(37(38,4)54-38)18-32(45)43(5)27-16-24(15-21)17-28(50-6)33(27)40/h8-14,16-17,22-23,29-31,49H,15,18-20,41H2,1-7H3,(H,42,48)/b10-8+,21-9+/t22-,23+,29+,30-,31+,37+,38+,39+/m1/s1. The minimum absolute atomic E-state index is 0.135. The third kappa shape index (κ3) is 6.91. The molecule has 6 rings (SSSR count). The van der Waals surface area contributed by atoms with Crippen LogP contribution in [0.3, 0.4) is 0 Å². The van der Waals surface area contributed by atoms with Crippen molar-refractivity contribution in [2.75, 3.05) is 38.4 Å². The number of carbonyl (C=O) groups excluding carboxylic acids is 4. The van der Waals surface area contributed by atoms with Crippen molar-refractivity contribution in [3.63, 3.8) is 0 Å². The van der Waals surface area contributed by atoms with E-state index in [-0.39, 0.29) is 30.0 Å². The lowest BCUT2D eigenvalue weighted by Gasteiger charge is -2.45. The molecule has 0 radical (unpaired) electrons. The number of ether oxygens (including phenoxy) is 5. The largest absolute Gasteiger partial charge is 0.495 e. The predicted molar refractivity (Wildman–Crippen MR) is 199 cm³/mol. The van der Waals surface area contributed by atoms with Gasteiger partial charge in [0.15, 0.2) is 5.72 Å². The van der Waals surface area contributed by atoms with Crippen LogP contribution in [0.25, 0.3) is 0 Å². The van der Waals surface area contributed by atoms with E-state index in [4.69, 9.17) is 41.0 Å². The summed E-state index contributed by atoms with van der Waals surface area (Å²) < 4.78 is 29.9. The van der Waals surface area contributed by atoms with Crippen LogP contribution in [0.1, 0.15) is 56.5 Å². The Morgan fingerprint density at radius 3 is 2.48 bits per heavy atom. The molecule has 2 aromatic rings. The molecule has 0 aromatic heterocycles. The van der Waals surface area contributed by atoms with E-state index in [2.05, 4.69) is 5.32 Å². The first-order chi connectivity index (χ1) is 25.5. The fourth-order valence-corrected chi connectivity index (χ4v) is 8.23. The minimum atomic E-state index is -1.91. The van der Waals surface area contributed by atoms with E-state index >= 15 is 0 Å². The first kappa shape index (κ1) is 39.1. The number of nitrogen functional groups attached to an aromatic ring is 1. The quantitative estimate of drug-likeness (QED) is 0.232. The third-order valence-corrected chi connectivity index (χ3v) is 11.7. The summed E-state index contributed by atoms with van der Waals surface area (Å²) in [5.41, 5.74) is 4.09. The zero-order chi connectivity index (χ0) is 39.3. The third-order valence-electron chi connectivity index (χ3n) is 11.3. The molecule has 8 atom stereocenters. The average Bonchev–Trinajstić information content (AvgIpc) is 3.75. The van der Waals surface area contributed by atoms with Gasteiger partial charge < -0.3 is 44.3 Å². The number of esters is 1. The molecule has 15 heteroatoms. The Morgan fingerprint density at radius 2 is 1.81 bits per heavy atom. The Kier molecular flexibility index (Phi) is 10.5. The Balaban J connectivity index is 1.49. The smallest absolute Gasteiger partial charge is 0.409 e. The van der Waals surface area contributed by atoms with E-state index in [0.717, 1.165) is 11.1 Å². The normalized spacial score (nSPS) is 34.5. The predicted octanol–water partition coefficient (Wildman–Crippen LogP) is 4.16. The van der Waals surface area contributed by atoms with Crippen molar-refractivity contribution in [2.45, 2.75) is 88.2 Å². The molecule has 4 heterocycles. The number of nitrogens with zero attached hydrogens (tertiary/aromatic N) is 2. The molecule has 4 aliphatic rings. The van der Waals surface area contributed by atoms with Crippen LogP contribution in [0.2, 0.25) is 5.02 Å². The minimum Gasteiger partial charge on any atom is -0.495 e. The van der Waals surface area contributed by atoms with Crippen molar-refractivity contribution < 1.29 is 48.0 Å². The molecule has 54 heavy (non-hydrogen) atoms. The fraction of sp³-hybridized carbons (Fsp3) is 0.487. The van der Waals surface area contributed by atoms with Crippen molar-refractivity contribution in [3.05, 3.63) is 76.3 Å². The highest BCUT2D eigenvalue weighted by molar-refractivity contribution is 6.35. The highest BCUT2D eigenvalue weighted by Gasteiger charge is 2.77. The lowest BCUT2D eigenvalue weighted by atomic mass is 9.74. The molecular weight excluding hydrogens is 720 g/mol. The molecule has 0 spiro atoms. The zero-order valence-corrected chi connectivity index (χ0v) is 32.1. The van der Waals surface area contributed by atoms with Gasteiger partial charge in [-0.15, -0.1) is 0 Å². The number of allylic oxidation sites excluding steroid dienone is 3. The monoisotopic (exact) mass is 766 g/mol. The van der Waals surface area contributed by atoms with Crippen molar-refractivity contribution in [3.8, 4) is 5.75 Å². The van der Waals surface area contributed by atoms with Gasteiger partial charge in [-0.1, -0.05) is 42.3 Å². The van der Waals surface area contributed by atoms with Crippen LogP contribution in [-0.2, 0) is 35.0 Å². The number of alkyl carbamates (subject to hydrolysis) is 1. The fourth-order valence-electron chi connectivity index (χ4n) is 7.92. The summed E-state index contributed by atoms with van der Waals surface area (Å²) in [7, 11) is 4.48. The van der Waals surface area contributed by atoms with Gasteiger partial charge in [-0.2, -0.15) is 0 Å². The number of rotatable bonds is 3. The van der Waals surface area contributed by atoms with E-state index in [1.165, 1.54) is 24.0 Å². The van der Waals surface area contributed by atoms with Gasteiger partial charge in [-0.05, 0) is 69.2 Å². The molecule has 290 valence electrons. The van der Waals surface area contributed by atoms with Crippen LogP contribution in [-0.4, -0.2) is 103 Å². The molecule has 14 nitrogen and oxygen atoms in total. The highest BCUT2D eigenvalue weighted by Crippen LogP contribution is 2.59. The summed E-state index contributed by atoms with van der Waals surface area (Å²) in [6, 6.07) is 8.75. The molecule has 3 fully saturated rings. The molecular formula is C39H47ClN4O10. The molecule has 3 amide bonds. The number of epoxide rings is 1. The van der Waals surface area contributed by atoms with Crippen molar-refractivity contribution in [1.29, 1.82) is 0 Å². The second-order valence-electron chi connectivity index (χ2n) is 14.8. The molecule has 0 unspecified atom stereocenters. The summed E-state index contributed by atoms with van der Waals surface area (Å²) in [6.45, 7) is 6.80. The van der Waals surface area contributed by atoms with Crippen molar-refractivity contribution >= 4 is 46.9 Å². The van der Waals surface area contributed by atoms with E-state index < -0.39 is 71.1 Å². The van der Waals surface area contributed by atoms with Gasteiger partial charge in [-0.3, -0.25) is 14.9 Å². The number of methoxy groups -OCH3 is 2. The molecule has 3 saturated heterocycles.